The Morgan fingerprint density at radius 1 is 1.29 bits per heavy atom. The van der Waals surface area contributed by atoms with Gasteiger partial charge in [0, 0.05) is 17.6 Å². The van der Waals surface area contributed by atoms with Crippen molar-refractivity contribution in [2.45, 2.75) is 0 Å². The van der Waals surface area contributed by atoms with E-state index in [0.29, 0.717) is 0 Å². The molecular weight excluding hydrogens is 263 g/mol. The van der Waals surface area contributed by atoms with E-state index in [1.807, 2.05) is 35.9 Å². The number of rotatable bonds is 1. The minimum atomic E-state index is 0.743. The average molecular weight is 272 g/mol. The first-order valence-electron chi connectivity index (χ1n) is 4.11. The zero-order chi connectivity index (χ0) is 10.1. The fourth-order valence-corrected chi connectivity index (χ4v) is 2.06. The van der Waals surface area contributed by atoms with Crippen LogP contribution in [0.25, 0.3) is 11.3 Å². The highest BCUT2D eigenvalue weighted by Gasteiger charge is 2.07. The van der Waals surface area contributed by atoms with Crippen LogP contribution in [0.2, 0.25) is 5.02 Å². The minimum Gasteiger partial charge on any atom is -0.333 e. The van der Waals surface area contributed by atoms with E-state index in [9.17, 15) is 0 Å². The number of nitrogens with zero attached hydrogens (tertiary/aromatic N) is 2. The van der Waals surface area contributed by atoms with E-state index >= 15 is 0 Å². The van der Waals surface area contributed by atoms with Crippen molar-refractivity contribution in [3.63, 3.8) is 0 Å². The quantitative estimate of drug-likeness (QED) is 0.776. The molecule has 0 unspecified atom stereocenters. The summed E-state index contributed by atoms with van der Waals surface area (Å²) in [5, 5.41) is 0.743. The van der Waals surface area contributed by atoms with Crippen LogP contribution < -0.4 is 0 Å². The highest BCUT2D eigenvalue weighted by Crippen LogP contribution is 2.27. The molecule has 0 atom stereocenters. The molecule has 0 bridgehead atoms. The summed E-state index contributed by atoms with van der Waals surface area (Å²) in [6.45, 7) is 0. The number of hydrogen-bond acceptors (Lipinski definition) is 1. The van der Waals surface area contributed by atoms with Crippen molar-refractivity contribution in [1.29, 1.82) is 0 Å². The molecule has 1 heterocycles. The van der Waals surface area contributed by atoms with Crippen LogP contribution in [-0.4, -0.2) is 9.55 Å². The lowest BCUT2D eigenvalue weighted by Gasteiger charge is -2.02. The topological polar surface area (TPSA) is 17.8 Å². The van der Waals surface area contributed by atoms with Crippen LogP contribution >= 0.6 is 27.5 Å². The Hall–Kier alpha value is -0.800. The highest BCUT2D eigenvalue weighted by molar-refractivity contribution is 9.10. The Balaban J connectivity index is 2.54. The van der Waals surface area contributed by atoms with E-state index in [2.05, 4.69) is 20.9 Å². The molecule has 0 aliphatic rings. The smallest absolute Gasteiger partial charge is 0.132 e. The number of aromatic nitrogens is 2. The minimum absolute atomic E-state index is 0.743. The molecule has 14 heavy (non-hydrogen) atoms. The Kier molecular flexibility index (Phi) is 2.61. The lowest BCUT2D eigenvalue weighted by Crippen LogP contribution is -1.89. The lowest BCUT2D eigenvalue weighted by molar-refractivity contribution is 0.921. The monoisotopic (exact) mass is 270 g/mol. The van der Waals surface area contributed by atoms with E-state index in [1.54, 1.807) is 6.33 Å². The molecule has 0 amide bonds. The lowest BCUT2D eigenvalue weighted by atomic mass is 10.2. The van der Waals surface area contributed by atoms with Crippen LogP contribution in [0.4, 0.5) is 0 Å². The molecule has 2 rings (SSSR count). The van der Waals surface area contributed by atoms with E-state index in [0.717, 1.165) is 20.9 Å². The van der Waals surface area contributed by atoms with Gasteiger partial charge in [0.15, 0.2) is 0 Å². The van der Waals surface area contributed by atoms with Gasteiger partial charge in [-0.3, -0.25) is 0 Å². The SMILES string of the molecule is Cn1cnc(Br)c1-c1ccc(Cl)cc1. The average Bonchev–Trinajstić information content (AvgIpc) is 2.49. The van der Waals surface area contributed by atoms with Crippen LogP contribution in [0.15, 0.2) is 35.2 Å². The Morgan fingerprint density at radius 2 is 1.93 bits per heavy atom. The van der Waals surface area contributed by atoms with Crippen LogP contribution in [0.1, 0.15) is 0 Å². The first-order valence-corrected chi connectivity index (χ1v) is 5.28. The molecule has 0 saturated heterocycles. The Bertz CT molecular complexity index is 428. The number of hydrogen-bond donors (Lipinski definition) is 0. The second-order valence-electron chi connectivity index (χ2n) is 3.00. The first kappa shape index (κ1) is 9.74. The molecule has 0 spiro atoms. The molecule has 1 aromatic carbocycles. The fraction of sp³-hybridized carbons (Fsp3) is 0.100. The first-order chi connectivity index (χ1) is 6.68. The summed E-state index contributed by atoms with van der Waals surface area (Å²) in [4.78, 5) is 4.16. The maximum absolute atomic E-state index is 5.82. The van der Waals surface area contributed by atoms with Gasteiger partial charge in [-0.15, -0.1) is 0 Å². The van der Waals surface area contributed by atoms with Gasteiger partial charge in [-0.2, -0.15) is 0 Å². The third-order valence-electron chi connectivity index (χ3n) is 2.01. The Labute approximate surface area is 95.7 Å². The molecule has 0 aliphatic heterocycles. The summed E-state index contributed by atoms with van der Waals surface area (Å²) < 4.78 is 2.81. The molecule has 0 fully saturated rings. The number of imidazole rings is 1. The van der Waals surface area contributed by atoms with Crippen LogP contribution in [0.3, 0.4) is 0 Å². The predicted octanol–water partition coefficient (Wildman–Crippen LogP) is 3.50. The van der Waals surface area contributed by atoms with E-state index in [-0.39, 0.29) is 0 Å². The van der Waals surface area contributed by atoms with Gasteiger partial charge in [0.1, 0.15) is 4.60 Å². The van der Waals surface area contributed by atoms with Gasteiger partial charge in [0.2, 0.25) is 0 Å². The fourth-order valence-electron chi connectivity index (χ4n) is 1.33. The van der Waals surface area contributed by atoms with Crippen molar-refractivity contribution in [3.8, 4) is 11.3 Å². The molecule has 1 aromatic heterocycles. The summed E-state index contributed by atoms with van der Waals surface area (Å²) in [5.74, 6) is 0. The van der Waals surface area contributed by atoms with Crippen LogP contribution in [0.5, 0.6) is 0 Å². The Morgan fingerprint density at radius 3 is 2.43 bits per heavy atom. The van der Waals surface area contributed by atoms with Gasteiger partial charge >= 0.3 is 0 Å². The highest BCUT2D eigenvalue weighted by atomic mass is 79.9. The van der Waals surface area contributed by atoms with Gasteiger partial charge in [-0.1, -0.05) is 23.7 Å². The van der Waals surface area contributed by atoms with Crippen LogP contribution in [0, 0.1) is 0 Å². The van der Waals surface area contributed by atoms with Crippen molar-refractivity contribution in [3.05, 3.63) is 40.2 Å². The summed E-state index contributed by atoms with van der Waals surface area (Å²) in [6.07, 6.45) is 1.77. The zero-order valence-electron chi connectivity index (χ0n) is 7.54. The van der Waals surface area contributed by atoms with Crippen molar-refractivity contribution in [2.24, 2.45) is 7.05 Å². The van der Waals surface area contributed by atoms with Gasteiger partial charge < -0.3 is 4.57 Å². The van der Waals surface area contributed by atoms with Gasteiger partial charge in [0.05, 0.1) is 12.0 Å². The van der Waals surface area contributed by atoms with E-state index < -0.39 is 0 Å². The number of aryl methyl sites for hydroxylation is 1. The second kappa shape index (κ2) is 3.75. The molecule has 0 saturated carbocycles. The summed E-state index contributed by atoms with van der Waals surface area (Å²) in [5.41, 5.74) is 2.16. The molecule has 0 aliphatic carbocycles. The molecule has 2 nitrogen and oxygen atoms in total. The van der Waals surface area contributed by atoms with Crippen molar-refractivity contribution >= 4 is 27.5 Å². The van der Waals surface area contributed by atoms with Crippen molar-refractivity contribution < 1.29 is 0 Å². The maximum Gasteiger partial charge on any atom is 0.132 e. The van der Waals surface area contributed by atoms with Gasteiger partial charge in [-0.05, 0) is 28.1 Å². The molecular formula is C10H8BrClN2. The maximum atomic E-state index is 5.82. The van der Waals surface area contributed by atoms with Crippen molar-refractivity contribution in [1.82, 2.24) is 9.55 Å². The summed E-state index contributed by atoms with van der Waals surface area (Å²) in [6, 6.07) is 7.70. The van der Waals surface area contributed by atoms with Gasteiger partial charge in [0.25, 0.3) is 0 Å². The van der Waals surface area contributed by atoms with E-state index in [4.69, 9.17) is 11.6 Å². The summed E-state index contributed by atoms with van der Waals surface area (Å²) in [7, 11) is 1.96. The zero-order valence-corrected chi connectivity index (χ0v) is 9.88. The third kappa shape index (κ3) is 1.70. The molecule has 0 N–H and O–H groups in total. The van der Waals surface area contributed by atoms with Crippen LogP contribution in [-0.2, 0) is 7.05 Å². The summed E-state index contributed by atoms with van der Waals surface area (Å²) >= 11 is 9.23. The largest absolute Gasteiger partial charge is 0.333 e. The number of benzene rings is 1. The second-order valence-corrected chi connectivity index (χ2v) is 4.19. The molecule has 4 heteroatoms. The standard InChI is InChI=1S/C10H8BrClN2/c1-14-6-13-10(11)9(14)7-2-4-8(12)5-3-7/h2-6H,1H3. The molecule has 72 valence electrons. The normalized spacial score (nSPS) is 10.5. The van der Waals surface area contributed by atoms with Crippen molar-refractivity contribution in [2.75, 3.05) is 0 Å². The van der Waals surface area contributed by atoms with E-state index in [1.165, 1.54) is 0 Å². The third-order valence-corrected chi connectivity index (χ3v) is 2.84. The molecule has 0 radical (unpaired) electrons. The van der Waals surface area contributed by atoms with Gasteiger partial charge in [-0.25, -0.2) is 4.98 Å². The number of halogens is 2. The molecule has 2 aromatic rings. The predicted molar refractivity (Wildman–Crippen MR) is 61.4 cm³/mol.